The Kier molecular flexibility index (Phi) is 2.90. The van der Waals surface area contributed by atoms with E-state index in [0.29, 0.717) is 5.75 Å². The van der Waals surface area contributed by atoms with Crippen LogP contribution in [-0.4, -0.2) is 17.5 Å². The molecule has 0 aliphatic carbocycles. The molecule has 0 aliphatic heterocycles. The molecular formula is C8H10O4. The highest BCUT2D eigenvalue weighted by molar-refractivity contribution is 5.41. The molecule has 0 aliphatic rings. The average Bonchev–Trinajstić information content (AvgIpc) is 2.09. The first-order valence-corrected chi connectivity index (χ1v) is 3.40. The first-order chi connectivity index (χ1) is 5.77. The van der Waals surface area contributed by atoms with E-state index in [1.807, 2.05) is 0 Å². The van der Waals surface area contributed by atoms with Gasteiger partial charge in [-0.05, 0) is 17.7 Å². The lowest BCUT2D eigenvalue weighted by Crippen LogP contribution is -1.90. The molecule has 2 N–H and O–H groups in total. The Morgan fingerprint density at radius 3 is 2.75 bits per heavy atom. The highest BCUT2D eigenvalue weighted by Crippen LogP contribution is 2.26. The second-order valence-corrected chi connectivity index (χ2v) is 2.28. The minimum Gasteiger partial charge on any atom is -0.504 e. The van der Waals surface area contributed by atoms with Gasteiger partial charge in [-0.15, -0.1) is 0 Å². The molecule has 4 nitrogen and oxygen atoms in total. The van der Waals surface area contributed by atoms with E-state index in [0.717, 1.165) is 5.56 Å². The van der Waals surface area contributed by atoms with Gasteiger partial charge in [-0.1, -0.05) is 6.07 Å². The molecule has 12 heavy (non-hydrogen) atoms. The molecule has 0 spiro atoms. The fraction of sp³-hybridized carbons (Fsp3) is 0.250. The van der Waals surface area contributed by atoms with Crippen molar-refractivity contribution in [3.05, 3.63) is 23.8 Å². The van der Waals surface area contributed by atoms with Crippen molar-refractivity contribution in [1.82, 2.24) is 0 Å². The third-order valence-electron chi connectivity index (χ3n) is 1.48. The van der Waals surface area contributed by atoms with Gasteiger partial charge in [0.2, 0.25) is 0 Å². The summed E-state index contributed by atoms with van der Waals surface area (Å²) in [6.07, 6.45) is 0. The van der Waals surface area contributed by atoms with E-state index in [2.05, 4.69) is 4.89 Å². The smallest absolute Gasteiger partial charge is 0.160 e. The van der Waals surface area contributed by atoms with Gasteiger partial charge in [-0.2, -0.15) is 0 Å². The molecule has 0 bridgehead atoms. The number of methoxy groups -OCH3 is 1. The van der Waals surface area contributed by atoms with Crippen LogP contribution < -0.4 is 4.74 Å². The number of rotatable bonds is 3. The lowest BCUT2D eigenvalue weighted by Gasteiger charge is -2.04. The Hall–Kier alpha value is -1.26. The van der Waals surface area contributed by atoms with Crippen LogP contribution in [0.3, 0.4) is 0 Å². The van der Waals surface area contributed by atoms with Crippen LogP contribution in [-0.2, 0) is 11.5 Å². The van der Waals surface area contributed by atoms with Crippen LogP contribution in [0.25, 0.3) is 0 Å². The third kappa shape index (κ3) is 1.87. The molecule has 0 radical (unpaired) electrons. The summed E-state index contributed by atoms with van der Waals surface area (Å²) in [5, 5.41) is 17.3. The summed E-state index contributed by atoms with van der Waals surface area (Å²) < 4.78 is 4.84. The molecule has 0 fully saturated rings. The summed E-state index contributed by atoms with van der Waals surface area (Å²) in [4.78, 5) is 3.93. The molecule has 1 aromatic rings. The van der Waals surface area contributed by atoms with Crippen LogP contribution in [0.5, 0.6) is 11.5 Å². The molecular weight excluding hydrogens is 160 g/mol. The summed E-state index contributed by atoms with van der Waals surface area (Å²) in [5.41, 5.74) is 0.729. The number of benzene rings is 1. The Balaban J connectivity index is 2.89. The van der Waals surface area contributed by atoms with Crippen molar-refractivity contribution in [2.24, 2.45) is 0 Å². The van der Waals surface area contributed by atoms with Crippen LogP contribution in [0.2, 0.25) is 0 Å². The maximum atomic E-state index is 9.17. The average molecular weight is 170 g/mol. The third-order valence-corrected chi connectivity index (χ3v) is 1.48. The molecule has 4 heteroatoms. The van der Waals surface area contributed by atoms with Gasteiger partial charge in [0.25, 0.3) is 0 Å². The highest BCUT2D eigenvalue weighted by Gasteiger charge is 2.01. The number of hydrogen-bond donors (Lipinski definition) is 2. The van der Waals surface area contributed by atoms with Gasteiger partial charge in [0.05, 0.1) is 7.11 Å². The van der Waals surface area contributed by atoms with Gasteiger partial charge in [0.1, 0.15) is 6.61 Å². The van der Waals surface area contributed by atoms with Gasteiger partial charge >= 0.3 is 0 Å². The van der Waals surface area contributed by atoms with Crippen molar-refractivity contribution in [1.29, 1.82) is 0 Å². The van der Waals surface area contributed by atoms with Crippen LogP contribution in [0.4, 0.5) is 0 Å². The Morgan fingerprint density at radius 1 is 1.42 bits per heavy atom. The fourth-order valence-electron chi connectivity index (χ4n) is 0.886. The zero-order valence-corrected chi connectivity index (χ0v) is 6.65. The van der Waals surface area contributed by atoms with E-state index in [1.165, 1.54) is 13.2 Å². The predicted octanol–water partition coefficient (Wildman–Crippen LogP) is 1.39. The number of hydrogen-bond acceptors (Lipinski definition) is 4. The monoisotopic (exact) mass is 170 g/mol. The van der Waals surface area contributed by atoms with Gasteiger partial charge in [-0.25, -0.2) is 4.89 Å². The highest BCUT2D eigenvalue weighted by atomic mass is 17.1. The molecule has 0 unspecified atom stereocenters. The zero-order chi connectivity index (χ0) is 8.97. The molecule has 0 aromatic heterocycles. The van der Waals surface area contributed by atoms with Gasteiger partial charge < -0.3 is 9.84 Å². The Labute approximate surface area is 69.9 Å². The maximum Gasteiger partial charge on any atom is 0.160 e. The van der Waals surface area contributed by atoms with Gasteiger partial charge in [0.15, 0.2) is 11.5 Å². The van der Waals surface area contributed by atoms with Crippen LogP contribution in [0, 0.1) is 0 Å². The van der Waals surface area contributed by atoms with Crippen molar-refractivity contribution >= 4 is 0 Å². The van der Waals surface area contributed by atoms with Crippen LogP contribution >= 0.6 is 0 Å². The second kappa shape index (κ2) is 3.94. The predicted molar refractivity (Wildman–Crippen MR) is 42.1 cm³/mol. The molecule has 66 valence electrons. The Morgan fingerprint density at radius 2 is 2.17 bits per heavy atom. The van der Waals surface area contributed by atoms with Gasteiger partial charge in [-0.3, -0.25) is 5.26 Å². The van der Waals surface area contributed by atoms with E-state index in [4.69, 9.17) is 9.99 Å². The first kappa shape index (κ1) is 8.83. The van der Waals surface area contributed by atoms with Crippen molar-refractivity contribution in [2.75, 3.05) is 7.11 Å². The van der Waals surface area contributed by atoms with E-state index >= 15 is 0 Å². The molecule has 0 saturated heterocycles. The summed E-state index contributed by atoms with van der Waals surface area (Å²) in [7, 11) is 1.46. The molecule has 1 rings (SSSR count). The zero-order valence-electron chi connectivity index (χ0n) is 6.65. The maximum absolute atomic E-state index is 9.17. The lowest BCUT2D eigenvalue weighted by atomic mass is 10.2. The van der Waals surface area contributed by atoms with Crippen LogP contribution in [0.1, 0.15) is 5.56 Å². The second-order valence-electron chi connectivity index (χ2n) is 2.28. The largest absolute Gasteiger partial charge is 0.504 e. The quantitative estimate of drug-likeness (QED) is 0.531. The molecule has 0 saturated carbocycles. The summed E-state index contributed by atoms with van der Waals surface area (Å²) in [6, 6.07) is 4.70. The van der Waals surface area contributed by atoms with Crippen molar-refractivity contribution < 1.29 is 20.0 Å². The standard InChI is InChI=1S/C8H10O4/c1-11-8-4-6(5-12-10)2-3-7(8)9/h2-4,9-10H,5H2,1H3. The van der Waals surface area contributed by atoms with Crippen molar-refractivity contribution in [3.63, 3.8) is 0 Å². The first-order valence-electron chi connectivity index (χ1n) is 3.40. The van der Waals surface area contributed by atoms with E-state index in [9.17, 15) is 5.11 Å². The molecule has 0 atom stereocenters. The fourth-order valence-corrected chi connectivity index (χ4v) is 0.886. The number of phenols is 1. The van der Waals surface area contributed by atoms with Crippen LogP contribution in [0.15, 0.2) is 18.2 Å². The van der Waals surface area contributed by atoms with Crippen molar-refractivity contribution in [2.45, 2.75) is 6.61 Å². The topological polar surface area (TPSA) is 58.9 Å². The lowest BCUT2D eigenvalue weighted by molar-refractivity contribution is -0.253. The van der Waals surface area contributed by atoms with E-state index in [-0.39, 0.29) is 12.4 Å². The van der Waals surface area contributed by atoms with Crippen molar-refractivity contribution in [3.8, 4) is 11.5 Å². The molecule has 0 amide bonds. The number of phenolic OH excluding ortho intramolecular Hbond substituents is 1. The molecule has 1 aromatic carbocycles. The summed E-state index contributed by atoms with van der Waals surface area (Å²) in [5.74, 6) is 0.434. The molecule has 0 heterocycles. The van der Waals surface area contributed by atoms with E-state index < -0.39 is 0 Å². The summed E-state index contributed by atoms with van der Waals surface area (Å²) in [6.45, 7) is 0.0800. The number of ether oxygens (including phenoxy) is 1. The minimum atomic E-state index is 0.0687. The van der Waals surface area contributed by atoms with Gasteiger partial charge in [0, 0.05) is 0 Å². The van der Waals surface area contributed by atoms with E-state index in [1.54, 1.807) is 12.1 Å². The minimum absolute atomic E-state index is 0.0687. The number of aromatic hydroxyl groups is 1. The Bertz CT molecular complexity index is 259. The normalized spacial score (nSPS) is 9.83. The SMILES string of the molecule is COc1cc(COO)ccc1O. The summed E-state index contributed by atoms with van der Waals surface area (Å²) >= 11 is 0.